The van der Waals surface area contributed by atoms with Gasteiger partial charge < -0.3 is 5.73 Å². The van der Waals surface area contributed by atoms with Crippen molar-refractivity contribution >= 4 is 17.2 Å². The summed E-state index contributed by atoms with van der Waals surface area (Å²) in [6.07, 6.45) is 6.93. The van der Waals surface area contributed by atoms with Crippen LogP contribution in [0.1, 0.15) is 71.1 Å². The average Bonchev–Trinajstić information content (AvgIpc) is 2.68. The molecule has 1 atom stereocenters. The Kier molecular flexibility index (Phi) is 3.87. The number of thiophene rings is 1. The van der Waals surface area contributed by atoms with Crippen LogP contribution in [0.15, 0.2) is 0 Å². The third kappa shape index (κ3) is 2.39. The fourth-order valence-corrected chi connectivity index (χ4v) is 4.25. The molecular weight excluding hydrogens is 230 g/mol. The molecule has 1 aliphatic rings. The number of fused-ring (bicyclic) bond motifs is 1. The summed E-state index contributed by atoms with van der Waals surface area (Å²) in [7, 11) is 0. The minimum Gasteiger partial charge on any atom is -0.366 e. The van der Waals surface area contributed by atoms with Gasteiger partial charge in [-0.15, -0.1) is 11.3 Å². The normalized spacial score (nSPS) is 16.6. The van der Waals surface area contributed by atoms with E-state index >= 15 is 0 Å². The minimum absolute atomic E-state index is 0.220. The van der Waals surface area contributed by atoms with Crippen molar-refractivity contribution in [1.29, 1.82) is 0 Å². The van der Waals surface area contributed by atoms with Crippen molar-refractivity contribution < 1.29 is 4.79 Å². The number of hydrogen-bond acceptors (Lipinski definition) is 2. The number of carbonyl (C=O) groups excluding carboxylic acids is 1. The van der Waals surface area contributed by atoms with Gasteiger partial charge in [0.25, 0.3) is 0 Å². The van der Waals surface area contributed by atoms with Crippen LogP contribution in [-0.2, 0) is 12.8 Å². The number of amides is 1. The van der Waals surface area contributed by atoms with E-state index in [2.05, 4.69) is 13.8 Å². The molecule has 94 valence electrons. The Balaban J connectivity index is 2.43. The summed E-state index contributed by atoms with van der Waals surface area (Å²) in [5.74, 6) is 0.250. The molecule has 1 aromatic heterocycles. The standard InChI is InChI=1S/C14H21NOS/c1-3-6-9(2)13-12(14(15)16)10-7-4-5-8-11(10)17-13/h9H,3-8H2,1-2H3,(H2,15,16). The first-order valence-corrected chi connectivity index (χ1v) is 7.41. The van der Waals surface area contributed by atoms with Crippen LogP contribution in [0.4, 0.5) is 0 Å². The van der Waals surface area contributed by atoms with E-state index in [-0.39, 0.29) is 5.91 Å². The second-order valence-corrected chi connectivity index (χ2v) is 6.14. The van der Waals surface area contributed by atoms with Crippen LogP contribution in [0.3, 0.4) is 0 Å². The molecule has 0 fully saturated rings. The molecule has 1 unspecified atom stereocenters. The lowest BCUT2D eigenvalue weighted by molar-refractivity contribution is 0.0998. The Labute approximate surface area is 107 Å². The second kappa shape index (κ2) is 5.21. The summed E-state index contributed by atoms with van der Waals surface area (Å²) in [6, 6.07) is 0. The summed E-state index contributed by atoms with van der Waals surface area (Å²) in [5.41, 5.74) is 7.72. The van der Waals surface area contributed by atoms with Crippen LogP contribution < -0.4 is 5.73 Å². The van der Waals surface area contributed by atoms with E-state index in [1.54, 1.807) is 0 Å². The third-order valence-corrected chi connectivity index (χ3v) is 5.14. The first-order chi connectivity index (χ1) is 8.15. The lowest BCUT2D eigenvalue weighted by Gasteiger charge is -2.12. The molecule has 2 rings (SSSR count). The molecule has 1 amide bonds. The molecule has 1 heterocycles. The fourth-order valence-electron chi connectivity index (χ4n) is 2.77. The number of hydrogen-bond donors (Lipinski definition) is 1. The van der Waals surface area contributed by atoms with Gasteiger partial charge in [0.1, 0.15) is 0 Å². The number of rotatable bonds is 4. The van der Waals surface area contributed by atoms with E-state index in [1.807, 2.05) is 11.3 Å². The van der Waals surface area contributed by atoms with Gasteiger partial charge in [-0.3, -0.25) is 4.79 Å². The zero-order valence-electron chi connectivity index (χ0n) is 10.7. The van der Waals surface area contributed by atoms with Crippen LogP contribution in [-0.4, -0.2) is 5.91 Å². The van der Waals surface area contributed by atoms with Crippen molar-refractivity contribution in [1.82, 2.24) is 0 Å². The molecule has 1 aliphatic carbocycles. The number of primary amides is 1. The third-order valence-electron chi connectivity index (χ3n) is 3.61. The Morgan fingerprint density at radius 3 is 2.76 bits per heavy atom. The molecule has 17 heavy (non-hydrogen) atoms. The van der Waals surface area contributed by atoms with E-state index in [1.165, 1.54) is 28.2 Å². The number of aryl methyl sites for hydroxylation is 1. The summed E-state index contributed by atoms with van der Waals surface area (Å²) in [4.78, 5) is 14.4. The molecule has 0 radical (unpaired) electrons. The Morgan fingerprint density at radius 1 is 1.41 bits per heavy atom. The van der Waals surface area contributed by atoms with E-state index in [4.69, 9.17) is 5.73 Å². The van der Waals surface area contributed by atoms with Crippen LogP contribution in [0, 0.1) is 0 Å². The van der Waals surface area contributed by atoms with Gasteiger partial charge in [-0.1, -0.05) is 20.3 Å². The van der Waals surface area contributed by atoms with E-state index in [0.717, 1.165) is 31.2 Å². The van der Waals surface area contributed by atoms with Gasteiger partial charge in [0.2, 0.25) is 5.91 Å². The zero-order valence-corrected chi connectivity index (χ0v) is 11.5. The van der Waals surface area contributed by atoms with Gasteiger partial charge >= 0.3 is 0 Å². The lowest BCUT2D eigenvalue weighted by atomic mass is 9.91. The molecule has 0 aliphatic heterocycles. The van der Waals surface area contributed by atoms with E-state index in [9.17, 15) is 4.79 Å². The largest absolute Gasteiger partial charge is 0.366 e. The van der Waals surface area contributed by atoms with Crippen LogP contribution >= 0.6 is 11.3 Å². The Bertz CT molecular complexity index is 422. The average molecular weight is 251 g/mol. The van der Waals surface area contributed by atoms with Gasteiger partial charge in [-0.05, 0) is 43.6 Å². The van der Waals surface area contributed by atoms with Gasteiger partial charge in [-0.2, -0.15) is 0 Å². The molecule has 1 aromatic rings. The highest BCUT2D eigenvalue weighted by Gasteiger charge is 2.25. The van der Waals surface area contributed by atoms with Gasteiger partial charge in [0, 0.05) is 9.75 Å². The highest BCUT2D eigenvalue weighted by molar-refractivity contribution is 7.12. The zero-order chi connectivity index (χ0) is 12.4. The highest BCUT2D eigenvalue weighted by Crippen LogP contribution is 2.39. The molecular formula is C14H21NOS. The van der Waals surface area contributed by atoms with Gasteiger partial charge in [-0.25, -0.2) is 0 Å². The molecule has 2 nitrogen and oxygen atoms in total. The van der Waals surface area contributed by atoms with Gasteiger partial charge in [0.05, 0.1) is 5.56 Å². The maximum absolute atomic E-state index is 11.7. The summed E-state index contributed by atoms with van der Waals surface area (Å²) in [5, 5.41) is 0. The maximum Gasteiger partial charge on any atom is 0.250 e. The number of nitrogens with two attached hydrogens (primary N) is 1. The van der Waals surface area contributed by atoms with Crippen molar-refractivity contribution in [3.63, 3.8) is 0 Å². The number of carbonyl (C=O) groups is 1. The van der Waals surface area contributed by atoms with Crippen molar-refractivity contribution in [2.75, 3.05) is 0 Å². The lowest BCUT2D eigenvalue weighted by Crippen LogP contribution is -2.16. The van der Waals surface area contributed by atoms with Crippen molar-refractivity contribution in [2.45, 2.75) is 58.3 Å². The minimum atomic E-state index is -0.220. The topological polar surface area (TPSA) is 43.1 Å². The van der Waals surface area contributed by atoms with E-state index < -0.39 is 0 Å². The predicted molar refractivity (Wildman–Crippen MR) is 72.8 cm³/mol. The van der Waals surface area contributed by atoms with Crippen LogP contribution in [0.2, 0.25) is 0 Å². The SMILES string of the molecule is CCCC(C)c1sc2c(c1C(N)=O)CCCC2. The molecule has 2 N–H and O–H groups in total. The molecule has 3 heteroatoms. The summed E-state index contributed by atoms with van der Waals surface area (Å²) >= 11 is 1.84. The first-order valence-electron chi connectivity index (χ1n) is 6.59. The maximum atomic E-state index is 11.7. The smallest absolute Gasteiger partial charge is 0.250 e. The quantitative estimate of drug-likeness (QED) is 0.872. The molecule has 0 bridgehead atoms. The van der Waals surface area contributed by atoms with E-state index in [0.29, 0.717) is 5.92 Å². The second-order valence-electron chi connectivity index (χ2n) is 5.00. The predicted octanol–water partition coefficient (Wildman–Crippen LogP) is 3.63. The van der Waals surface area contributed by atoms with Crippen LogP contribution in [0.5, 0.6) is 0 Å². The molecule has 0 spiro atoms. The Morgan fingerprint density at radius 2 is 2.12 bits per heavy atom. The van der Waals surface area contributed by atoms with Gasteiger partial charge in [0.15, 0.2) is 0 Å². The highest BCUT2D eigenvalue weighted by atomic mass is 32.1. The van der Waals surface area contributed by atoms with Crippen molar-refractivity contribution in [2.24, 2.45) is 5.73 Å². The molecule has 0 aromatic carbocycles. The fraction of sp³-hybridized carbons (Fsp3) is 0.643. The van der Waals surface area contributed by atoms with Crippen molar-refractivity contribution in [3.8, 4) is 0 Å². The van der Waals surface area contributed by atoms with Crippen molar-refractivity contribution in [3.05, 3.63) is 20.9 Å². The summed E-state index contributed by atoms with van der Waals surface area (Å²) in [6.45, 7) is 4.40. The first kappa shape index (κ1) is 12.6. The monoisotopic (exact) mass is 251 g/mol. The summed E-state index contributed by atoms with van der Waals surface area (Å²) < 4.78 is 0. The molecule has 0 saturated heterocycles. The van der Waals surface area contributed by atoms with Crippen LogP contribution in [0.25, 0.3) is 0 Å². The Hall–Kier alpha value is -0.830. The molecule has 0 saturated carbocycles.